The van der Waals surface area contributed by atoms with Crippen molar-refractivity contribution in [2.24, 2.45) is 0 Å². The van der Waals surface area contributed by atoms with Gasteiger partial charge in [0.15, 0.2) is 0 Å². The van der Waals surface area contributed by atoms with Crippen molar-refractivity contribution < 1.29 is 9.53 Å². The summed E-state index contributed by atoms with van der Waals surface area (Å²) in [6, 6.07) is 10.5. The summed E-state index contributed by atoms with van der Waals surface area (Å²) in [5.41, 5.74) is 0.952. The summed E-state index contributed by atoms with van der Waals surface area (Å²) < 4.78 is 5.42. The van der Waals surface area contributed by atoms with E-state index in [-0.39, 0.29) is 6.09 Å². The number of hydrogen-bond donors (Lipinski definition) is 1. The number of ether oxygens (including phenoxy) is 1. The van der Waals surface area contributed by atoms with E-state index >= 15 is 0 Å². The number of piperazine rings is 1. The molecule has 1 aromatic rings. The van der Waals surface area contributed by atoms with E-state index in [0.717, 1.165) is 52.2 Å². The number of carbonyl (C=O) groups is 1. The van der Waals surface area contributed by atoms with E-state index in [2.05, 4.69) is 34.5 Å². The SMILES string of the molecule is CC(C)(C)OC(=O)N1CCN(CCNCCc2ccccc2)CC1. The summed E-state index contributed by atoms with van der Waals surface area (Å²) in [7, 11) is 0. The van der Waals surface area contributed by atoms with Crippen molar-refractivity contribution in [3.63, 3.8) is 0 Å². The fourth-order valence-corrected chi connectivity index (χ4v) is 2.72. The van der Waals surface area contributed by atoms with Gasteiger partial charge in [-0.15, -0.1) is 0 Å². The van der Waals surface area contributed by atoms with Gasteiger partial charge in [0.25, 0.3) is 0 Å². The Hall–Kier alpha value is -1.59. The van der Waals surface area contributed by atoms with Gasteiger partial charge in [-0.1, -0.05) is 30.3 Å². The Morgan fingerprint density at radius 2 is 1.75 bits per heavy atom. The van der Waals surface area contributed by atoms with E-state index in [0.29, 0.717) is 0 Å². The second kappa shape index (κ2) is 9.04. The zero-order valence-corrected chi connectivity index (χ0v) is 15.3. The first-order valence-electron chi connectivity index (χ1n) is 8.89. The molecule has 1 amide bonds. The average Bonchev–Trinajstić information content (AvgIpc) is 2.54. The van der Waals surface area contributed by atoms with Gasteiger partial charge in [0, 0.05) is 39.3 Å². The van der Waals surface area contributed by atoms with E-state index < -0.39 is 5.60 Å². The van der Waals surface area contributed by atoms with Crippen LogP contribution < -0.4 is 5.32 Å². The zero-order chi connectivity index (χ0) is 17.4. The standard InChI is InChI=1S/C19H31N3O2/c1-19(2,3)24-18(23)22-15-13-21(14-16-22)12-11-20-10-9-17-7-5-4-6-8-17/h4-8,20H,9-16H2,1-3H3. The third kappa shape index (κ3) is 6.89. The molecule has 0 bridgehead atoms. The Kier molecular flexibility index (Phi) is 7.06. The van der Waals surface area contributed by atoms with Crippen LogP contribution in [0.25, 0.3) is 0 Å². The average molecular weight is 333 g/mol. The number of nitrogens with zero attached hydrogens (tertiary/aromatic N) is 2. The minimum absolute atomic E-state index is 0.192. The number of amides is 1. The van der Waals surface area contributed by atoms with Crippen LogP contribution in [0.15, 0.2) is 30.3 Å². The lowest BCUT2D eigenvalue weighted by Crippen LogP contribution is -2.51. The van der Waals surface area contributed by atoms with E-state index in [4.69, 9.17) is 4.74 Å². The Morgan fingerprint density at radius 1 is 1.08 bits per heavy atom. The van der Waals surface area contributed by atoms with Gasteiger partial charge < -0.3 is 15.0 Å². The molecule has 1 aromatic carbocycles. The number of carbonyl (C=O) groups excluding carboxylic acids is 1. The van der Waals surface area contributed by atoms with Crippen LogP contribution >= 0.6 is 0 Å². The van der Waals surface area contributed by atoms with Crippen molar-refractivity contribution in [2.45, 2.75) is 32.8 Å². The molecule has 0 unspecified atom stereocenters. The molecule has 0 spiro atoms. The molecule has 1 aliphatic rings. The Labute approximate surface area is 146 Å². The monoisotopic (exact) mass is 333 g/mol. The van der Waals surface area contributed by atoms with Gasteiger partial charge in [0.05, 0.1) is 0 Å². The molecule has 1 fully saturated rings. The molecule has 0 atom stereocenters. The Morgan fingerprint density at radius 3 is 2.38 bits per heavy atom. The molecule has 5 heteroatoms. The second-order valence-corrected chi connectivity index (χ2v) is 7.29. The molecule has 5 nitrogen and oxygen atoms in total. The summed E-state index contributed by atoms with van der Waals surface area (Å²) in [5, 5.41) is 3.50. The molecule has 1 heterocycles. The van der Waals surface area contributed by atoms with E-state index in [1.807, 2.05) is 31.7 Å². The first-order chi connectivity index (χ1) is 11.4. The van der Waals surface area contributed by atoms with E-state index in [1.165, 1.54) is 5.56 Å². The molecule has 24 heavy (non-hydrogen) atoms. The number of hydrogen-bond acceptors (Lipinski definition) is 4. The van der Waals surface area contributed by atoms with Crippen LogP contribution in [0.1, 0.15) is 26.3 Å². The van der Waals surface area contributed by atoms with Crippen LogP contribution in [0, 0.1) is 0 Å². The zero-order valence-electron chi connectivity index (χ0n) is 15.3. The molecule has 134 valence electrons. The minimum Gasteiger partial charge on any atom is -0.444 e. The first-order valence-corrected chi connectivity index (χ1v) is 8.89. The number of rotatable bonds is 6. The van der Waals surface area contributed by atoms with E-state index in [9.17, 15) is 4.79 Å². The molecule has 0 radical (unpaired) electrons. The van der Waals surface area contributed by atoms with Crippen molar-refractivity contribution in [2.75, 3.05) is 45.8 Å². The van der Waals surface area contributed by atoms with Crippen LogP contribution in [-0.4, -0.2) is 67.3 Å². The lowest BCUT2D eigenvalue weighted by Gasteiger charge is -2.35. The summed E-state index contributed by atoms with van der Waals surface area (Å²) in [6.07, 6.45) is 0.871. The van der Waals surface area contributed by atoms with E-state index in [1.54, 1.807) is 0 Å². The lowest BCUT2D eigenvalue weighted by molar-refractivity contribution is 0.0146. The topological polar surface area (TPSA) is 44.8 Å². The highest BCUT2D eigenvalue weighted by Crippen LogP contribution is 2.11. The van der Waals surface area contributed by atoms with Crippen LogP contribution in [0.3, 0.4) is 0 Å². The normalized spacial score (nSPS) is 16.2. The van der Waals surface area contributed by atoms with Crippen molar-refractivity contribution in [1.29, 1.82) is 0 Å². The third-order valence-electron chi connectivity index (χ3n) is 4.06. The fourth-order valence-electron chi connectivity index (χ4n) is 2.72. The molecule has 0 aromatic heterocycles. The molecular formula is C19H31N3O2. The second-order valence-electron chi connectivity index (χ2n) is 7.29. The van der Waals surface area contributed by atoms with Crippen LogP contribution in [-0.2, 0) is 11.2 Å². The van der Waals surface area contributed by atoms with Crippen LogP contribution in [0.2, 0.25) is 0 Å². The maximum absolute atomic E-state index is 12.0. The molecule has 1 saturated heterocycles. The van der Waals surface area contributed by atoms with Crippen molar-refractivity contribution in [3.05, 3.63) is 35.9 Å². The molecular weight excluding hydrogens is 302 g/mol. The largest absolute Gasteiger partial charge is 0.444 e. The lowest BCUT2D eigenvalue weighted by atomic mass is 10.1. The molecule has 0 saturated carbocycles. The summed E-state index contributed by atoms with van der Waals surface area (Å²) in [5.74, 6) is 0. The summed E-state index contributed by atoms with van der Waals surface area (Å²) in [4.78, 5) is 16.2. The Bertz CT molecular complexity index is 491. The highest BCUT2D eigenvalue weighted by atomic mass is 16.6. The smallest absolute Gasteiger partial charge is 0.410 e. The third-order valence-corrected chi connectivity index (χ3v) is 4.06. The maximum atomic E-state index is 12.0. The van der Waals surface area contributed by atoms with Crippen molar-refractivity contribution >= 4 is 6.09 Å². The van der Waals surface area contributed by atoms with Crippen molar-refractivity contribution in [1.82, 2.24) is 15.1 Å². The maximum Gasteiger partial charge on any atom is 0.410 e. The molecule has 0 aliphatic carbocycles. The molecule has 1 aliphatic heterocycles. The van der Waals surface area contributed by atoms with Gasteiger partial charge in [0.1, 0.15) is 5.60 Å². The highest BCUT2D eigenvalue weighted by Gasteiger charge is 2.25. The van der Waals surface area contributed by atoms with Gasteiger partial charge in [-0.25, -0.2) is 4.79 Å². The first kappa shape index (κ1) is 18.7. The Balaban J connectivity index is 1.56. The molecule has 2 rings (SSSR count). The predicted octanol–water partition coefficient (Wildman–Crippen LogP) is 2.37. The molecule has 1 N–H and O–H groups in total. The van der Waals surface area contributed by atoms with Crippen LogP contribution in [0.4, 0.5) is 4.79 Å². The van der Waals surface area contributed by atoms with Gasteiger partial charge in [0.2, 0.25) is 0 Å². The summed E-state index contributed by atoms with van der Waals surface area (Å²) in [6.45, 7) is 12.1. The van der Waals surface area contributed by atoms with Gasteiger partial charge >= 0.3 is 6.09 Å². The number of benzene rings is 1. The van der Waals surface area contributed by atoms with Gasteiger partial charge in [-0.05, 0) is 39.3 Å². The highest BCUT2D eigenvalue weighted by molar-refractivity contribution is 5.68. The number of nitrogens with one attached hydrogen (secondary N) is 1. The fraction of sp³-hybridized carbons (Fsp3) is 0.632. The quantitative estimate of drug-likeness (QED) is 0.812. The van der Waals surface area contributed by atoms with Crippen LogP contribution in [0.5, 0.6) is 0 Å². The van der Waals surface area contributed by atoms with Gasteiger partial charge in [-0.3, -0.25) is 4.90 Å². The summed E-state index contributed by atoms with van der Waals surface area (Å²) >= 11 is 0. The van der Waals surface area contributed by atoms with Crippen molar-refractivity contribution in [3.8, 4) is 0 Å². The minimum atomic E-state index is -0.420. The van der Waals surface area contributed by atoms with Gasteiger partial charge in [-0.2, -0.15) is 0 Å². The predicted molar refractivity (Wildman–Crippen MR) is 97.3 cm³/mol.